The number of aliphatic hydroxyl groups excluding tert-OH is 1. The molecule has 2 fully saturated rings. The second-order valence-electron chi connectivity index (χ2n) is 6.08. The third-order valence-corrected chi connectivity index (χ3v) is 4.76. The summed E-state index contributed by atoms with van der Waals surface area (Å²) >= 11 is 5.89. The number of halogens is 1. The minimum Gasteiger partial charge on any atom is -0.388 e. The molecule has 19 heavy (non-hydrogen) atoms. The van der Waals surface area contributed by atoms with E-state index in [1.165, 1.54) is 19.4 Å². The van der Waals surface area contributed by atoms with Crippen LogP contribution in [0.25, 0.3) is 0 Å². The van der Waals surface area contributed by atoms with E-state index in [-0.39, 0.29) is 6.10 Å². The van der Waals surface area contributed by atoms with Gasteiger partial charge in [-0.05, 0) is 68.3 Å². The van der Waals surface area contributed by atoms with Crippen molar-refractivity contribution in [2.24, 2.45) is 11.8 Å². The van der Waals surface area contributed by atoms with E-state index in [1.54, 1.807) is 0 Å². The van der Waals surface area contributed by atoms with Crippen molar-refractivity contribution in [3.05, 3.63) is 34.9 Å². The van der Waals surface area contributed by atoms with Crippen molar-refractivity contribution in [1.29, 1.82) is 0 Å². The molecule has 1 saturated carbocycles. The summed E-state index contributed by atoms with van der Waals surface area (Å²) < 4.78 is 0. The van der Waals surface area contributed by atoms with Crippen LogP contribution < -0.4 is 0 Å². The molecule has 0 radical (unpaired) electrons. The number of hydrogen-bond acceptors (Lipinski definition) is 2. The van der Waals surface area contributed by atoms with Crippen molar-refractivity contribution in [3.8, 4) is 0 Å². The zero-order valence-electron chi connectivity index (χ0n) is 11.3. The third kappa shape index (κ3) is 3.50. The molecule has 1 atom stereocenters. The molecule has 0 amide bonds. The van der Waals surface area contributed by atoms with Gasteiger partial charge >= 0.3 is 0 Å². The van der Waals surface area contributed by atoms with Gasteiger partial charge < -0.3 is 10.0 Å². The number of hydrogen-bond donors (Lipinski definition) is 1. The zero-order chi connectivity index (χ0) is 13.2. The summed E-state index contributed by atoms with van der Waals surface area (Å²) in [6, 6.07) is 7.62. The van der Waals surface area contributed by atoms with Gasteiger partial charge in [-0.3, -0.25) is 0 Å². The SMILES string of the molecule is OC(c1ccc(Cl)cc1)C1CCN(CC2CC2)CC1. The fraction of sp³-hybridized carbons (Fsp3) is 0.625. The predicted molar refractivity (Wildman–Crippen MR) is 78.3 cm³/mol. The first-order chi connectivity index (χ1) is 9.22. The molecule has 1 unspecified atom stereocenters. The Morgan fingerprint density at radius 3 is 2.32 bits per heavy atom. The van der Waals surface area contributed by atoms with Crippen LogP contribution in [0, 0.1) is 11.8 Å². The lowest BCUT2D eigenvalue weighted by Crippen LogP contribution is -2.36. The first kappa shape index (κ1) is 13.4. The zero-order valence-corrected chi connectivity index (χ0v) is 12.0. The normalized spacial score (nSPS) is 23.5. The van der Waals surface area contributed by atoms with E-state index in [1.807, 2.05) is 24.3 Å². The fourth-order valence-corrected chi connectivity index (χ4v) is 3.17. The van der Waals surface area contributed by atoms with E-state index in [9.17, 15) is 5.11 Å². The van der Waals surface area contributed by atoms with Gasteiger partial charge in [-0.2, -0.15) is 0 Å². The Kier molecular flexibility index (Phi) is 4.11. The summed E-state index contributed by atoms with van der Waals surface area (Å²) in [6.07, 6.45) is 4.73. The Labute approximate surface area is 120 Å². The van der Waals surface area contributed by atoms with Crippen molar-refractivity contribution in [2.45, 2.75) is 31.8 Å². The van der Waals surface area contributed by atoms with Crippen LogP contribution in [-0.4, -0.2) is 29.6 Å². The van der Waals surface area contributed by atoms with Gasteiger partial charge in [0.15, 0.2) is 0 Å². The van der Waals surface area contributed by atoms with E-state index < -0.39 is 0 Å². The smallest absolute Gasteiger partial charge is 0.0819 e. The summed E-state index contributed by atoms with van der Waals surface area (Å²) in [6.45, 7) is 3.57. The lowest BCUT2D eigenvalue weighted by molar-refractivity contribution is 0.0576. The highest BCUT2D eigenvalue weighted by Crippen LogP contribution is 2.34. The van der Waals surface area contributed by atoms with E-state index >= 15 is 0 Å². The second-order valence-corrected chi connectivity index (χ2v) is 6.51. The molecular formula is C16H22ClNO. The van der Waals surface area contributed by atoms with Crippen molar-refractivity contribution in [2.75, 3.05) is 19.6 Å². The van der Waals surface area contributed by atoms with Gasteiger partial charge in [-0.15, -0.1) is 0 Å². The molecule has 3 heteroatoms. The van der Waals surface area contributed by atoms with Crippen LogP contribution in [-0.2, 0) is 0 Å². The highest BCUT2D eigenvalue weighted by Gasteiger charge is 2.29. The van der Waals surface area contributed by atoms with Gasteiger partial charge in [0, 0.05) is 11.6 Å². The molecule has 1 N–H and O–H groups in total. The number of aliphatic hydroxyl groups is 1. The molecule has 1 aromatic carbocycles. The minimum atomic E-state index is -0.333. The molecule has 0 spiro atoms. The summed E-state index contributed by atoms with van der Waals surface area (Å²) in [5.41, 5.74) is 1.00. The van der Waals surface area contributed by atoms with Gasteiger partial charge in [-0.25, -0.2) is 0 Å². The lowest BCUT2D eigenvalue weighted by Gasteiger charge is -2.34. The van der Waals surface area contributed by atoms with Gasteiger partial charge in [0.05, 0.1) is 6.10 Å². The van der Waals surface area contributed by atoms with Crippen LogP contribution in [0.3, 0.4) is 0 Å². The maximum Gasteiger partial charge on any atom is 0.0819 e. The number of piperidine rings is 1. The van der Waals surface area contributed by atoms with Crippen molar-refractivity contribution >= 4 is 11.6 Å². The van der Waals surface area contributed by atoms with Crippen LogP contribution in [0.5, 0.6) is 0 Å². The molecule has 104 valence electrons. The summed E-state index contributed by atoms with van der Waals surface area (Å²) in [5.74, 6) is 1.37. The Bertz CT molecular complexity index is 407. The molecule has 1 aliphatic heterocycles. The molecule has 0 bridgehead atoms. The quantitative estimate of drug-likeness (QED) is 0.912. The standard InChI is InChI=1S/C16H22ClNO/c17-15-5-3-13(4-6-15)16(19)14-7-9-18(10-8-14)11-12-1-2-12/h3-6,12,14,16,19H,1-2,7-11H2. The molecule has 1 saturated heterocycles. The van der Waals surface area contributed by atoms with E-state index in [0.29, 0.717) is 5.92 Å². The molecule has 0 aromatic heterocycles. The monoisotopic (exact) mass is 279 g/mol. The largest absolute Gasteiger partial charge is 0.388 e. The minimum absolute atomic E-state index is 0.333. The molecule has 1 aromatic rings. The maximum atomic E-state index is 10.5. The predicted octanol–water partition coefficient (Wildman–Crippen LogP) is 3.50. The molecule has 2 aliphatic rings. The molecule has 1 heterocycles. The van der Waals surface area contributed by atoms with Crippen LogP contribution in [0.15, 0.2) is 24.3 Å². The summed E-state index contributed by atoms with van der Waals surface area (Å²) in [5, 5.41) is 11.2. The number of likely N-dealkylation sites (tertiary alicyclic amines) is 1. The molecule has 2 nitrogen and oxygen atoms in total. The Balaban J connectivity index is 1.53. The number of nitrogens with zero attached hydrogens (tertiary/aromatic N) is 1. The number of benzene rings is 1. The van der Waals surface area contributed by atoms with Gasteiger partial charge in [-0.1, -0.05) is 23.7 Å². The van der Waals surface area contributed by atoms with Crippen LogP contribution >= 0.6 is 11.6 Å². The van der Waals surface area contributed by atoms with Crippen LogP contribution in [0.2, 0.25) is 5.02 Å². The third-order valence-electron chi connectivity index (χ3n) is 4.50. The van der Waals surface area contributed by atoms with Crippen molar-refractivity contribution in [1.82, 2.24) is 4.90 Å². The van der Waals surface area contributed by atoms with Gasteiger partial charge in [0.2, 0.25) is 0 Å². The first-order valence-electron chi connectivity index (χ1n) is 7.38. The lowest BCUT2D eigenvalue weighted by atomic mass is 9.87. The average Bonchev–Trinajstić information content (AvgIpc) is 3.24. The van der Waals surface area contributed by atoms with Crippen LogP contribution in [0.4, 0.5) is 0 Å². The van der Waals surface area contributed by atoms with Crippen LogP contribution in [0.1, 0.15) is 37.4 Å². The Morgan fingerprint density at radius 2 is 1.74 bits per heavy atom. The van der Waals surface area contributed by atoms with Crippen molar-refractivity contribution < 1.29 is 5.11 Å². The molecular weight excluding hydrogens is 258 g/mol. The van der Waals surface area contributed by atoms with Gasteiger partial charge in [0.25, 0.3) is 0 Å². The maximum absolute atomic E-state index is 10.5. The summed E-state index contributed by atoms with van der Waals surface area (Å²) in [7, 11) is 0. The topological polar surface area (TPSA) is 23.5 Å². The first-order valence-corrected chi connectivity index (χ1v) is 7.76. The number of rotatable bonds is 4. The van der Waals surface area contributed by atoms with Crippen molar-refractivity contribution in [3.63, 3.8) is 0 Å². The summed E-state index contributed by atoms with van der Waals surface area (Å²) in [4.78, 5) is 2.57. The van der Waals surface area contributed by atoms with E-state index in [2.05, 4.69) is 4.90 Å². The molecule has 1 aliphatic carbocycles. The Hall–Kier alpha value is -0.570. The van der Waals surface area contributed by atoms with Gasteiger partial charge in [0.1, 0.15) is 0 Å². The molecule has 3 rings (SSSR count). The fourth-order valence-electron chi connectivity index (χ4n) is 3.05. The van der Waals surface area contributed by atoms with E-state index in [0.717, 1.165) is 42.4 Å². The Morgan fingerprint density at radius 1 is 1.11 bits per heavy atom. The highest BCUT2D eigenvalue weighted by atomic mass is 35.5. The average molecular weight is 280 g/mol. The second kappa shape index (κ2) is 5.82. The van der Waals surface area contributed by atoms with E-state index in [4.69, 9.17) is 11.6 Å². The highest BCUT2D eigenvalue weighted by molar-refractivity contribution is 6.30.